The molecule has 22 heavy (non-hydrogen) atoms. The zero-order valence-corrected chi connectivity index (χ0v) is 13.2. The van der Waals surface area contributed by atoms with Crippen molar-refractivity contribution in [3.05, 3.63) is 83.9 Å². The Kier molecular flexibility index (Phi) is 3.53. The minimum Gasteiger partial charge on any atom is -0.289 e. The summed E-state index contributed by atoms with van der Waals surface area (Å²) >= 11 is 3.42. The van der Waals surface area contributed by atoms with Crippen LogP contribution in [-0.2, 0) is 0 Å². The molecule has 0 unspecified atom stereocenters. The van der Waals surface area contributed by atoms with Gasteiger partial charge < -0.3 is 0 Å². The first-order chi connectivity index (χ1) is 10.8. The Labute approximate surface area is 137 Å². The molecule has 0 saturated carbocycles. The van der Waals surface area contributed by atoms with Gasteiger partial charge in [0.15, 0.2) is 5.78 Å². The van der Waals surface area contributed by atoms with Gasteiger partial charge >= 0.3 is 0 Å². The largest absolute Gasteiger partial charge is 0.289 e. The third-order valence-electron chi connectivity index (χ3n) is 3.44. The predicted octanol–water partition coefficient (Wildman–Crippen LogP) is 5.33. The average molecular weight is 319 g/mol. The molecule has 0 aliphatic carbocycles. The molecule has 1 radical (unpaired) electrons. The van der Waals surface area contributed by atoms with E-state index in [0.717, 1.165) is 9.79 Å². The zero-order valence-electron chi connectivity index (χ0n) is 11.6. The van der Waals surface area contributed by atoms with E-state index in [2.05, 4.69) is 18.2 Å². The quantitative estimate of drug-likeness (QED) is 0.465. The van der Waals surface area contributed by atoms with Crippen LogP contribution < -0.4 is 0 Å². The molecule has 0 N–H and O–H groups in total. The van der Waals surface area contributed by atoms with Crippen molar-refractivity contribution in [1.29, 1.82) is 0 Å². The van der Waals surface area contributed by atoms with Gasteiger partial charge in [0, 0.05) is 36.8 Å². The predicted molar refractivity (Wildman–Crippen MR) is 89.8 cm³/mol. The van der Waals surface area contributed by atoms with E-state index in [1.54, 1.807) is 23.5 Å². The summed E-state index contributed by atoms with van der Waals surface area (Å²) in [6.45, 7) is 0. The molecule has 1 aliphatic heterocycles. The third-order valence-corrected chi connectivity index (χ3v) is 5.93. The van der Waals surface area contributed by atoms with Gasteiger partial charge in [0.25, 0.3) is 0 Å². The summed E-state index contributed by atoms with van der Waals surface area (Å²) in [5, 5.41) is 0. The number of rotatable bonds is 2. The van der Waals surface area contributed by atoms with E-state index in [1.807, 2.05) is 54.6 Å². The number of carbonyl (C=O) groups is 1. The Hall–Kier alpha value is -1.97. The molecule has 0 fully saturated rings. The Morgan fingerprint density at radius 1 is 0.727 bits per heavy atom. The molecule has 0 atom stereocenters. The van der Waals surface area contributed by atoms with Gasteiger partial charge in [-0.25, -0.2) is 0 Å². The Balaban J connectivity index is 1.70. The first-order valence-electron chi connectivity index (χ1n) is 6.92. The third kappa shape index (κ3) is 2.47. The van der Waals surface area contributed by atoms with Gasteiger partial charge in [-0.05, 0) is 24.3 Å². The molecular weight excluding hydrogens is 308 g/mol. The SMILES string of the molecule is O=C(c1[c]c2c(cc1)Sc1ccccc1S2)c1ccccc1. The number of carbonyl (C=O) groups excluding carboxylic acids is 1. The fraction of sp³-hybridized carbons (Fsp3) is 0. The zero-order chi connectivity index (χ0) is 14.9. The topological polar surface area (TPSA) is 17.1 Å². The monoisotopic (exact) mass is 319 g/mol. The molecule has 0 spiro atoms. The first-order valence-corrected chi connectivity index (χ1v) is 8.55. The van der Waals surface area contributed by atoms with E-state index in [-0.39, 0.29) is 5.78 Å². The molecule has 3 aromatic carbocycles. The Morgan fingerprint density at radius 3 is 2.18 bits per heavy atom. The van der Waals surface area contributed by atoms with Crippen molar-refractivity contribution in [2.45, 2.75) is 19.6 Å². The summed E-state index contributed by atoms with van der Waals surface area (Å²) in [5.74, 6) is 0.0212. The molecule has 1 nitrogen and oxygen atoms in total. The van der Waals surface area contributed by atoms with Crippen LogP contribution in [-0.4, -0.2) is 5.78 Å². The van der Waals surface area contributed by atoms with Crippen LogP contribution in [0.25, 0.3) is 0 Å². The fourth-order valence-corrected chi connectivity index (χ4v) is 4.54. The van der Waals surface area contributed by atoms with Crippen LogP contribution >= 0.6 is 23.5 Å². The normalized spacial score (nSPS) is 12.4. The van der Waals surface area contributed by atoms with Crippen LogP contribution in [0.3, 0.4) is 0 Å². The molecular formula is C19H11OS2. The minimum atomic E-state index is 0.0212. The smallest absolute Gasteiger partial charge is 0.193 e. The number of hydrogen-bond acceptors (Lipinski definition) is 3. The van der Waals surface area contributed by atoms with E-state index in [4.69, 9.17) is 0 Å². The van der Waals surface area contributed by atoms with Crippen LogP contribution in [0.1, 0.15) is 15.9 Å². The van der Waals surface area contributed by atoms with E-state index in [1.165, 1.54) is 9.79 Å². The number of fused-ring (bicyclic) bond motifs is 2. The highest BCUT2D eigenvalue weighted by Gasteiger charge is 2.19. The van der Waals surface area contributed by atoms with Crippen LogP contribution in [0.5, 0.6) is 0 Å². The summed E-state index contributed by atoms with van der Waals surface area (Å²) in [6.07, 6.45) is 0. The first kappa shape index (κ1) is 13.7. The van der Waals surface area contributed by atoms with Crippen molar-refractivity contribution >= 4 is 29.3 Å². The molecule has 3 aromatic rings. The second-order valence-corrected chi connectivity index (χ2v) is 7.05. The molecule has 0 aromatic heterocycles. The van der Waals surface area contributed by atoms with Crippen molar-refractivity contribution in [2.75, 3.05) is 0 Å². The summed E-state index contributed by atoms with van der Waals surface area (Å²) in [6, 6.07) is 24.9. The number of benzene rings is 3. The minimum absolute atomic E-state index is 0.0212. The van der Waals surface area contributed by atoms with Gasteiger partial charge in [0.05, 0.1) is 0 Å². The summed E-state index contributed by atoms with van der Waals surface area (Å²) in [5.41, 5.74) is 1.32. The van der Waals surface area contributed by atoms with Crippen LogP contribution in [0.15, 0.2) is 86.3 Å². The number of ketones is 1. The van der Waals surface area contributed by atoms with Crippen LogP contribution in [0.2, 0.25) is 0 Å². The second kappa shape index (κ2) is 5.67. The average Bonchev–Trinajstić information content (AvgIpc) is 2.59. The van der Waals surface area contributed by atoms with E-state index in [9.17, 15) is 4.79 Å². The highest BCUT2D eigenvalue weighted by Crippen LogP contribution is 2.48. The van der Waals surface area contributed by atoms with Crippen LogP contribution in [0, 0.1) is 6.07 Å². The molecule has 0 amide bonds. The van der Waals surface area contributed by atoms with Gasteiger partial charge in [-0.1, -0.05) is 66.0 Å². The molecule has 0 saturated heterocycles. The van der Waals surface area contributed by atoms with Crippen molar-refractivity contribution in [3.63, 3.8) is 0 Å². The van der Waals surface area contributed by atoms with Gasteiger partial charge in [-0.3, -0.25) is 4.79 Å². The highest BCUT2D eigenvalue weighted by atomic mass is 32.2. The summed E-state index contributed by atoms with van der Waals surface area (Å²) in [7, 11) is 0. The molecule has 4 rings (SSSR count). The maximum Gasteiger partial charge on any atom is 0.193 e. The Morgan fingerprint density at radius 2 is 1.41 bits per heavy atom. The lowest BCUT2D eigenvalue weighted by Crippen LogP contribution is -2.02. The number of hydrogen-bond donors (Lipinski definition) is 0. The molecule has 3 heteroatoms. The molecule has 105 valence electrons. The lowest BCUT2D eigenvalue weighted by atomic mass is 10.0. The van der Waals surface area contributed by atoms with Crippen molar-refractivity contribution < 1.29 is 4.79 Å². The van der Waals surface area contributed by atoms with E-state index in [0.29, 0.717) is 11.1 Å². The maximum absolute atomic E-state index is 12.5. The standard InChI is InChI=1S/C19H11OS2/c20-19(13-6-2-1-3-7-13)14-10-11-17-18(12-14)22-16-9-5-4-8-15(16)21-17/h1-11H. The van der Waals surface area contributed by atoms with Crippen molar-refractivity contribution in [1.82, 2.24) is 0 Å². The van der Waals surface area contributed by atoms with Crippen LogP contribution in [0.4, 0.5) is 0 Å². The second-order valence-electron chi connectivity index (χ2n) is 4.91. The Bertz CT molecular complexity index is 856. The van der Waals surface area contributed by atoms with Gasteiger partial charge in [-0.15, -0.1) is 0 Å². The summed E-state index contributed by atoms with van der Waals surface area (Å²) in [4.78, 5) is 17.2. The molecule has 1 aliphatic rings. The molecule has 0 bridgehead atoms. The van der Waals surface area contributed by atoms with Gasteiger partial charge in [-0.2, -0.15) is 0 Å². The van der Waals surface area contributed by atoms with E-state index < -0.39 is 0 Å². The van der Waals surface area contributed by atoms with Crippen molar-refractivity contribution in [2.24, 2.45) is 0 Å². The summed E-state index contributed by atoms with van der Waals surface area (Å²) < 4.78 is 0. The van der Waals surface area contributed by atoms with Crippen molar-refractivity contribution in [3.8, 4) is 0 Å². The molecule has 1 heterocycles. The van der Waals surface area contributed by atoms with E-state index >= 15 is 0 Å². The maximum atomic E-state index is 12.5. The van der Waals surface area contributed by atoms with Gasteiger partial charge in [0.2, 0.25) is 0 Å². The highest BCUT2D eigenvalue weighted by molar-refractivity contribution is 8.05. The fourth-order valence-electron chi connectivity index (χ4n) is 2.34. The van der Waals surface area contributed by atoms with Gasteiger partial charge in [0.1, 0.15) is 0 Å². The lowest BCUT2D eigenvalue weighted by Gasteiger charge is -2.18. The lowest BCUT2D eigenvalue weighted by molar-refractivity contribution is 0.103.